The third-order valence-corrected chi connectivity index (χ3v) is 5.50. The summed E-state index contributed by atoms with van der Waals surface area (Å²) in [6.07, 6.45) is -1.51. The van der Waals surface area contributed by atoms with E-state index in [2.05, 4.69) is 39.4 Å². The van der Waals surface area contributed by atoms with Gasteiger partial charge in [-0.25, -0.2) is 28.5 Å². The first-order chi connectivity index (χ1) is 15.9. The van der Waals surface area contributed by atoms with E-state index in [0.717, 1.165) is 23.8 Å². The maximum Gasteiger partial charge on any atom is 0.422 e. The fraction of sp³-hybridized carbons (Fsp3) is 0.286. The number of aromatic nitrogens is 3. The Morgan fingerprint density at radius 1 is 1.03 bits per heavy atom. The van der Waals surface area contributed by atoms with E-state index in [4.69, 9.17) is 9.88 Å². The highest BCUT2D eigenvalue weighted by atomic mass is 32.2. The molecule has 34 heavy (non-hydrogen) atoms. The fourth-order valence-corrected chi connectivity index (χ4v) is 3.40. The number of hydrogen-bond acceptors (Lipinski definition) is 8. The summed E-state index contributed by atoms with van der Waals surface area (Å²) in [5, 5.41) is 11.1. The summed E-state index contributed by atoms with van der Waals surface area (Å²) >= 11 is 0. The van der Waals surface area contributed by atoms with Gasteiger partial charge in [0.15, 0.2) is 6.61 Å². The van der Waals surface area contributed by atoms with Crippen molar-refractivity contribution in [1.82, 2.24) is 15.0 Å². The average molecular weight is 497 g/mol. The Morgan fingerprint density at radius 2 is 1.76 bits per heavy atom. The Labute approximate surface area is 194 Å². The van der Waals surface area contributed by atoms with Crippen molar-refractivity contribution >= 4 is 27.5 Å². The van der Waals surface area contributed by atoms with Crippen LogP contribution in [-0.2, 0) is 16.6 Å². The molecule has 0 aliphatic rings. The van der Waals surface area contributed by atoms with Crippen molar-refractivity contribution < 1.29 is 26.3 Å². The summed E-state index contributed by atoms with van der Waals surface area (Å²) in [4.78, 5) is 12.3. The summed E-state index contributed by atoms with van der Waals surface area (Å²) in [5.41, 5.74) is 1.23. The van der Waals surface area contributed by atoms with Crippen molar-refractivity contribution in [2.24, 2.45) is 5.14 Å². The van der Waals surface area contributed by atoms with Crippen LogP contribution < -0.4 is 20.5 Å². The zero-order valence-corrected chi connectivity index (χ0v) is 19.1. The number of rotatable bonds is 9. The molecule has 0 amide bonds. The van der Waals surface area contributed by atoms with E-state index < -0.39 is 22.8 Å². The molecule has 182 valence electrons. The molecule has 2 heterocycles. The maximum absolute atomic E-state index is 12.6. The summed E-state index contributed by atoms with van der Waals surface area (Å²) in [7, 11) is -4.07. The molecule has 0 saturated carbocycles. The van der Waals surface area contributed by atoms with Gasteiger partial charge in [0.1, 0.15) is 29.5 Å². The molecule has 0 radical (unpaired) electrons. The molecule has 3 rings (SSSR count). The number of ether oxygens (including phenoxy) is 1. The van der Waals surface area contributed by atoms with Crippen molar-refractivity contribution in [2.45, 2.75) is 37.4 Å². The van der Waals surface area contributed by atoms with Crippen LogP contribution in [0.4, 0.5) is 30.6 Å². The molecule has 0 aliphatic heterocycles. The van der Waals surface area contributed by atoms with Gasteiger partial charge in [-0.1, -0.05) is 19.9 Å². The van der Waals surface area contributed by atoms with Crippen molar-refractivity contribution in [3.63, 3.8) is 0 Å². The molecule has 0 aliphatic carbocycles. The molecule has 0 unspecified atom stereocenters. The standard InChI is InChI=1S/C21H23F3N6O3S/c1-13(2)14-3-6-18(26-9-14)30-20-8-19(28-12-29-20)27-10-15-7-16(34(25,31)32)4-5-17(15)33-11-21(22,23)24/h3-9,12-13H,10-11H2,1-2H3,(H2,25,31,32)(H2,26,27,28,29,30). The third-order valence-electron chi connectivity index (χ3n) is 4.59. The van der Waals surface area contributed by atoms with Crippen molar-refractivity contribution in [3.8, 4) is 5.75 Å². The van der Waals surface area contributed by atoms with Crippen LogP contribution in [0.1, 0.15) is 30.9 Å². The van der Waals surface area contributed by atoms with Gasteiger partial charge < -0.3 is 15.4 Å². The summed E-state index contributed by atoms with van der Waals surface area (Å²) in [5.74, 6) is 1.53. The number of nitrogens with two attached hydrogens (primary N) is 1. The SMILES string of the molecule is CC(C)c1ccc(Nc2cc(NCc3cc(S(N)(=O)=O)ccc3OCC(F)(F)F)ncn2)nc1. The number of nitrogens with zero attached hydrogens (tertiary/aromatic N) is 3. The molecular formula is C21H23F3N6O3S. The minimum absolute atomic E-state index is 0.0889. The summed E-state index contributed by atoms with van der Waals surface area (Å²) < 4.78 is 65.9. The molecule has 9 nitrogen and oxygen atoms in total. The number of anilines is 3. The van der Waals surface area contributed by atoms with Gasteiger partial charge in [0, 0.05) is 24.4 Å². The Morgan fingerprint density at radius 3 is 2.38 bits per heavy atom. The van der Waals surface area contributed by atoms with Crippen molar-refractivity contribution in [3.05, 3.63) is 60.0 Å². The molecule has 3 aromatic rings. The Balaban J connectivity index is 1.76. The maximum atomic E-state index is 12.6. The number of alkyl halides is 3. The van der Waals surface area contributed by atoms with Crippen LogP contribution in [-0.4, -0.2) is 36.2 Å². The van der Waals surface area contributed by atoms with Crippen LogP contribution in [0.5, 0.6) is 5.75 Å². The number of benzene rings is 1. The first-order valence-corrected chi connectivity index (χ1v) is 11.6. The number of sulfonamides is 1. The summed E-state index contributed by atoms with van der Waals surface area (Å²) in [6, 6.07) is 8.68. The van der Waals surface area contributed by atoms with Crippen LogP contribution in [0.3, 0.4) is 0 Å². The topological polar surface area (TPSA) is 132 Å². The highest BCUT2D eigenvalue weighted by molar-refractivity contribution is 7.89. The Bertz CT molecular complexity index is 1240. The lowest BCUT2D eigenvalue weighted by molar-refractivity contribution is -0.153. The number of hydrogen-bond donors (Lipinski definition) is 3. The van der Waals surface area contributed by atoms with Crippen LogP contribution >= 0.6 is 0 Å². The molecule has 0 saturated heterocycles. The normalized spacial score (nSPS) is 12.0. The van der Waals surface area contributed by atoms with E-state index in [0.29, 0.717) is 23.4 Å². The highest BCUT2D eigenvalue weighted by Crippen LogP contribution is 2.26. The molecule has 0 spiro atoms. The lowest BCUT2D eigenvalue weighted by Gasteiger charge is -2.15. The van der Waals surface area contributed by atoms with E-state index in [1.54, 1.807) is 12.3 Å². The van der Waals surface area contributed by atoms with Crippen LogP contribution in [0.25, 0.3) is 0 Å². The number of primary sulfonamides is 1. The smallest absolute Gasteiger partial charge is 0.422 e. The van der Waals surface area contributed by atoms with Crippen LogP contribution in [0, 0.1) is 0 Å². The van der Waals surface area contributed by atoms with Gasteiger partial charge in [0.2, 0.25) is 10.0 Å². The van der Waals surface area contributed by atoms with Crippen LogP contribution in [0.2, 0.25) is 0 Å². The van der Waals surface area contributed by atoms with Gasteiger partial charge in [-0.2, -0.15) is 13.2 Å². The molecule has 1 aromatic carbocycles. The van der Waals surface area contributed by atoms with Gasteiger partial charge in [-0.3, -0.25) is 0 Å². The van der Waals surface area contributed by atoms with Gasteiger partial charge in [-0.05, 0) is 35.7 Å². The molecular weight excluding hydrogens is 473 g/mol. The first kappa shape index (κ1) is 25.2. The molecule has 13 heteroatoms. The second-order valence-corrected chi connectivity index (χ2v) is 9.18. The largest absolute Gasteiger partial charge is 0.484 e. The predicted octanol–water partition coefficient (Wildman–Crippen LogP) is 3.94. The molecule has 0 bridgehead atoms. The van der Waals surface area contributed by atoms with Gasteiger partial charge in [0.25, 0.3) is 0 Å². The highest BCUT2D eigenvalue weighted by Gasteiger charge is 2.29. The van der Waals surface area contributed by atoms with E-state index in [1.807, 2.05) is 12.1 Å². The Hall–Kier alpha value is -3.45. The first-order valence-electron chi connectivity index (χ1n) is 10.0. The molecule has 2 aromatic heterocycles. The quantitative estimate of drug-likeness (QED) is 0.406. The lowest BCUT2D eigenvalue weighted by Crippen LogP contribution is -2.20. The van der Waals surface area contributed by atoms with E-state index >= 15 is 0 Å². The van der Waals surface area contributed by atoms with Crippen molar-refractivity contribution in [2.75, 3.05) is 17.2 Å². The zero-order chi connectivity index (χ0) is 24.9. The molecule has 4 N–H and O–H groups in total. The lowest BCUT2D eigenvalue weighted by atomic mass is 10.1. The Kier molecular flexibility index (Phi) is 7.57. The van der Waals surface area contributed by atoms with Gasteiger partial charge in [-0.15, -0.1) is 0 Å². The van der Waals surface area contributed by atoms with Gasteiger partial charge in [0.05, 0.1) is 4.90 Å². The second-order valence-electron chi connectivity index (χ2n) is 7.62. The third kappa shape index (κ3) is 7.28. The predicted molar refractivity (Wildman–Crippen MR) is 120 cm³/mol. The molecule has 0 fully saturated rings. The number of nitrogens with one attached hydrogen (secondary N) is 2. The zero-order valence-electron chi connectivity index (χ0n) is 18.3. The monoisotopic (exact) mass is 496 g/mol. The minimum Gasteiger partial charge on any atom is -0.484 e. The van der Waals surface area contributed by atoms with E-state index in [1.165, 1.54) is 6.33 Å². The number of halogens is 3. The van der Waals surface area contributed by atoms with Gasteiger partial charge >= 0.3 is 6.18 Å². The second kappa shape index (κ2) is 10.2. The van der Waals surface area contributed by atoms with E-state index in [9.17, 15) is 21.6 Å². The fourth-order valence-electron chi connectivity index (χ4n) is 2.83. The summed E-state index contributed by atoms with van der Waals surface area (Å²) in [6.45, 7) is 2.50. The number of pyridine rings is 1. The molecule has 0 atom stereocenters. The van der Waals surface area contributed by atoms with Crippen LogP contribution in [0.15, 0.2) is 53.8 Å². The van der Waals surface area contributed by atoms with Crippen molar-refractivity contribution in [1.29, 1.82) is 0 Å². The minimum atomic E-state index is -4.56. The van der Waals surface area contributed by atoms with E-state index in [-0.39, 0.29) is 22.8 Å². The average Bonchev–Trinajstić information content (AvgIpc) is 2.76.